The van der Waals surface area contributed by atoms with Crippen LogP contribution in [0.5, 0.6) is 23.0 Å². The molecule has 6 N–H and O–H groups in total. The Morgan fingerprint density at radius 1 is 0.644 bits per heavy atom. The highest BCUT2D eigenvalue weighted by atomic mass is 16.7. The van der Waals surface area contributed by atoms with E-state index in [1.165, 1.54) is 34.5 Å². The summed E-state index contributed by atoms with van der Waals surface area (Å²) in [4.78, 5) is 34.8. The van der Waals surface area contributed by atoms with Crippen LogP contribution in [0.4, 0.5) is 0 Å². The van der Waals surface area contributed by atoms with Gasteiger partial charge in [0, 0.05) is 25.3 Å². The first-order chi connectivity index (χ1) is 34.6. The predicted molar refractivity (Wildman–Crippen MR) is 271 cm³/mol. The molecule has 8 unspecified atom stereocenters. The Bertz CT molecular complexity index is 2770. The average Bonchev–Trinajstić information content (AvgIpc) is 3.34. The second-order valence-corrected chi connectivity index (χ2v) is 17.3. The number of ether oxygens (including phenoxy) is 7. The van der Waals surface area contributed by atoms with E-state index >= 15 is 0 Å². The van der Waals surface area contributed by atoms with Crippen molar-refractivity contribution in [3.63, 3.8) is 0 Å². The van der Waals surface area contributed by atoms with E-state index in [4.69, 9.17) is 51.7 Å². The van der Waals surface area contributed by atoms with Gasteiger partial charge < -0.3 is 82.3 Å². The Balaban J connectivity index is 0.000000264. The predicted octanol–water partition coefficient (Wildman–Crippen LogP) is 4.99. The number of aryl methyl sites for hydroxylation is 2. The summed E-state index contributed by atoms with van der Waals surface area (Å²) in [6, 6.07) is 6.45. The van der Waals surface area contributed by atoms with Crippen LogP contribution in [0.2, 0.25) is 0 Å². The summed E-state index contributed by atoms with van der Waals surface area (Å²) in [5.41, 5.74) is -0.820. The average molecular weight is 1030 g/mol. The van der Waals surface area contributed by atoms with Crippen molar-refractivity contribution in [2.75, 3.05) is 41.7 Å². The van der Waals surface area contributed by atoms with Crippen LogP contribution in [-0.2, 0) is 28.6 Å². The van der Waals surface area contributed by atoms with Gasteiger partial charge in [0.05, 0.1) is 22.2 Å². The molecule has 0 radical (unpaired) electrons. The van der Waals surface area contributed by atoms with Crippen molar-refractivity contribution in [3.05, 3.63) is 118 Å². The second kappa shape index (κ2) is 26.0. The minimum Gasteiger partial charge on any atom is -0.508 e. The van der Waals surface area contributed by atoms with Gasteiger partial charge in [-0.3, -0.25) is 0 Å². The maximum Gasteiger partial charge on any atom is 0.349 e. The molecule has 21 heteroatoms. The van der Waals surface area contributed by atoms with Gasteiger partial charge in [-0.1, -0.05) is 47.8 Å². The van der Waals surface area contributed by atoms with Gasteiger partial charge in [0.25, 0.3) is 0 Å². The van der Waals surface area contributed by atoms with E-state index in [0.29, 0.717) is 46.2 Å². The smallest absolute Gasteiger partial charge is 0.349 e. The minimum absolute atomic E-state index is 0.0420. The normalized spacial score (nSPS) is 26.1. The quantitative estimate of drug-likeness (QED) is 0.0331. The fourth-order valence-corrected chi connectivity index (χ4v) is 8.54. The molecule has 73 heavy (non-hydrogen) atoms. The Labute approximate surface area is 422 Å². The molecule has 0 bridgehead atoms. The van der Waals surface area contributed by atoms with Gasteiger partial charge in [-0.05, 0) is 78.6 Å². The zero-order chi connectivity index (χ0) is 54.5. The first-order valence-corrected chi connectivity index (χ1v) is 22.8. The van der Waals surface area contributed by atoms with Crippen molar-refractivity contribution in [2.45, 2.75) is 115 Å². The molecule has 2 saturated heterocycles. The topological polar surface area (TPSA) is 290 Å². The van der Waals surface area contributed by atoms with Crippen molar-refractivity contribution in [3.8, 4) is 23.0 Å². The number of phenols is 1. The Kier molecular flexibility index (Phi) is 21.1. The molecule has 6 rings (SSSR count). The van der Waals surface area contributed by atoms with Crippen LogP contribution in [0.25, 0.3) is 21.9 Å². The lowest BCUT2D eigenvalue weighted by molar-refractivity contribution is -0.318. The lowest BCUT2D eigenvalue weighted by Gasteiger charge is -2.48. The van der Waals surface area contributed by atoms with Gasteiger partial charge in [-0.2, -0.15) is 0 Å². The zero-order valence-electron chi connectivity index (χ0n) is 42.8. The first kappa shape index (κ1) is 59.2. The summed E-state index contributed by atoms with van der Waals surface area (Å²) in [5.74, 6) is 0.913. The van der Waals surface area contributed by atoms with Gasteiger partial charge in [0.2, 0.25) is 6.29 Å². The summed E-state index contributed by atoms with van der Waals surface area (Å²) in [6.45, 7) is 25.0. The van der Waals surface area contributed by atoms with E-state index in [1.54, 1.807) is 84.0 Å². The number of aliphatic hydroxyl groups excluding tert-OH is 5. The molecule has 4 heterocycles. The molecule has 400 valence electrons. The van der Waals surface area contributed by atoms with E-state index in [2.05, 4.69) is 36.6 Å². The number of hydrogen-bond donors (Lipinski definition) is 6. The fourth-order valence-electron chi connectivity index (χ4n) is 8.54. The summed E-state index contributed by atoms with van der Waals surface area (Å²) >= 11 is 0. The van der Waals surface area contributed by atoms with Gasteiger partial charge in [-0.25, -0.2) is 9.59 Å². The van der Waals surface area contributed by atoms with E-state index in [0.717, 1.165) is 0 Å². The standard InChI is InChI=1S/C26H33NO9.C16H17NO5.C10H18O5/c1-8-12-26(5)23(31-6)19(28)20(29)25(36-26)34-17-11-10-16-21(14(17)3)35-24(30)18(15(4)27-32-7)22(16)33-13-9-2;1-5-8-21-15-11-6-7-12(18)9(2)14(11)22-16(19)13(15)10(3)17-20-4;1-4-5-10(2)8(14-3)6(11)7(12)9(13)15-10/h8-11,19-20,23,25,28-29H,1-2,12-13H2,3-7H3;5-7,18H,1,8H2,2-4H3;4,6-9,11-13H,1,5H2,2-3H3/b27-15+;17-10+;/t19?,20?,23?,25?,26-;;6?,7?,8?,9?,10-/m0.0/s1. The maximum atomic E-state index is 12.9. The summed E-state index contributed by atoms with van der Waals surface area (Å²) < 4.78 is 50.3. The van der Waals surface area contributed by atoms with Crippen LogP contribution < -0.4 is 25.5 Å². The van der Waals surface area contributed by atoms with Crippen LogP contribution in [0.15, 0.2) is 104 Å². The number of aromatic hydroxyl groups is 1. The number of nitrogens with zero attached hydrogens (tertiary/aromatic N) is 2. The molecule has 0 amide bonds. The first-order valence-electron chi connectivity index (χ1n) is 22.8. The molecule has 2 aromatic heterocycles. The van der Waals surface area contributed by atoms with E-state index in [9.17, 15) is 40.2 Å². The van der Waals surface area contributed by atoms with E-state index in [1.807, 2.05) is 0 Å². The van der Waals surface area contributed by atoms with E-state index < -0.39 is 71.7 Å². The summed E-state index contributed by atoms with van der Waals surface area (Å²) in [5, 5.41) is 68.4. The number of phenolic OH excluding ortho intramolecular Hbond substituents is 1. The molecule has 10 atom stereocenters. The monoisotopic (exact) mass is 1020 g/mol. The van der Waals surface area contributed by atoms with Crippen molar-refractivity contribution in [1.29, 1.82) is 0 Å². The number of fused-ring (bicyclic) bond motifs is 2. The van der Waals surface area contributed by atoms with Crippen LogP contribution >= 0.6 is 0 Å². The minimum atomic E-state index is -1.41. The van der Waals surface area contributed by atoms with Crippen molar-refractivity contribution in [2.24, 2.45) is 10.3 Å². The lowest BCUT2D eigenvalue weighted by Crippen LogP contribution is -2.64. The molecule has 2 aliphatic heterocycles. The molecule has 0 aliphatic carbocycles. The molecule has 0 spiro atoms. The number of oxime groups is 2. The molecular formula is C52H68N2O19. The highest BCUT2D eigenvalue weighted by Gasteiger charge is 2.53. The van der Waals surface area contributed by atoms with Gasteiger partial charge in [0.15, 0.2) is 6.29 Å². The summed E-state index contributed by atoms with van der Waals surface area (Å²) in [6.07, 6.45) is -2.22. The lowest BCUT2D eigenvalue weighted by atomic mass is 9.85. The number of rotatable bonds is 18. The maximum absolute atomic E-state index is 12.9. The molecule has 2 aliphatic rings. The Morgan fingerprint density at radius 3 is 1.52 bits per heavy atom. The third-order valence-electron chi connectivity index (χ3n) is 12.1. The van der Waals surface area contributed by atoms with Crippen LogP contribution in [-0.4, -0.2) is 144 Å². The highest BCUT2D eigenvalue weighted by molar-refractivity contribution is 6.06. The molecule has 2 fully saturated rings. The number of benzene rings is 2. The van der Waals surface area contributed by atoms with Crippen molar-refractivity contribution < 1.29 is 82.3 Å². The third-order valence-corrected chi connectivity index (χ3v) is 12.1. The Hall–Kier alpha value is -6.40. The zero-order valence-corrected chi connectivity index (χ0v) is 42.8. The van der Waals surface area contributed by atoms with Crippen LogP contribution in [0.1, 0.15) is 62.8 Å². The summed E-state index contributed by atoms with van der Waals surface area (Å²) in [7, 11) is 5.61. The van der Waals surface area contributed by atoms with E-state index in [-0.39, 0.29) is 58.5 Å². The molecule has 4 aromatic rings. The molecular weight excluding hydrogens is 957 g/mol. The van der Waals surface area contributed by atoms with Gasteiger partial charge >= 0.3 is 11.3 Å². The molecule has 0 saturated carbocycles. The highest BCUT2D eigenvalue weighted by Crippen LogP contribution is 2.40. The van der Waals surface area contributed by atoms with Gasteiger partial charge in [0.1, 0.15) is 121 Å². The molecule has 2 aromatic carbocycles. The second-order valence-electron chi connectivity index (χ2n) is 17.3. The molecule has 21 nitrogen and oxygen atoms in total. The van der Waals surface area contributed by atoms with Gasteiger partial charge in [-0.15, -0.1) is 13.2 Å². The Morgan fingerprint density at radius 2 is 1.08 bits per heavy atom. The SMILES string of the molecule is C=CCOc1c(/C(C)=N/OC)c(=O)oc2c(C)c(O)ccc12.C=CCOc1c(/C(C)=N/OC)c(=O)oc2c(C)c(OC3O[C@@](C)(CC=C)C(OC)C(O)C3O)ccc12.C=CC[C@]1(C)OC(O)C(O)C(O)C1OC. The van der Waals surface area contributed by atoms with Crippen molar-refractivity contribution >= 4 is 33.4 Å². The number of hydrogen-bond acceptors (Lipinski definition) is 21. The van der Waals surface area contributed by atoms with Crippen molar-refractivity contribution in [1.82, 2.24) is 0 Å². The largest absolute Gasteiger partial charge is 0.508 e. The number of methoxy groups -OCH3 is 2. The third kappa shape index (κ3) is 12.9. The fraction of sp³-hybridized carbons (Fsp3) is 0.462. The van der Waals surface area contributed by atoms with Crippen LogP contribution in [0.3, 0.4) is 0 Å². The number of aliphatic hydroxyl groups is 5. The van der Waals surface area contributed by atoms with Crippen LogP contribution in [0, 0.1) is 13.8 Å².